The lowest BCUT2D eigenvalue weighted by atomic mass is 10.0. The summed E-state index contributed by atoms with van der Waals surface area (Å²) in [6.45, 7) is 0. The van der Waals surface area contributed by atoms with Gasteiger partial charge in [-0.1, -0.05) is 58.4 Å². The topological polar surface area (TPSA) is 84.2 Å². The van der Waals surface area contributed by atoms with Gasteiger partial charge in [-0.25, -0.2) is 4.79 Å². The maximum absolute atomic E-state index is 12.7. The van der Waals surface area contributed by atoms with Crippen molar-refractivity contribution in [2.45, 2.75) is 18.9 Å². The molecular weight excluding hydrogens is 430 g/mol. The quantitative estimate of drug-likeness (QED) is 0.410. The van der Waals surface area contributed by atoms with Gasteiger partial charge in [0.15, 0.2) is 0 Å². The molecule has 1 aliphatic carbocycles. The van der Waals surface area contributed by atoms with Crippen molar-refractivity contribution in [1.82, 2.24) is 5.32 Å². The van der Waals surface area contributed by atoms with Crippen LogP contribution in [0.2, 0.25) is 0 Å². The highest BCUT2D eigenvalue weighted by atomic mass is 79.9. The zero-order valence-electron chi connectivity index (χ0n) is 15.6. The van der Waals surface area contributed by atoms with Gasteiger partial charge >= 0.3 is 6.03 Å². The van der Waals surface area contributed by atoms with Crippen LogP contribution in [0.15, 0.2) is 71.2 Å². The van der Waals surface area contributed by atoms with E-state index in [0.717, 1.165) is 22.1 Å². The molecule has 0 saturated carbocycles. The number of hydrogen-bond acceptors (Lipinski definition) is 2. The van der Waals surface area contributed by atoms with Crippen LogP contribution in [0, 0.1) is 0 Å². The summed E-state index contributed by atoms with van der Waals surface area (Å²) in [6, 6.07) is 20.6. The molecule has 0 fully saturated rings. The number of nitrogens with two attached hydrogens (primary N) is 1. The van der Waals surface area contributed by atoms with E-state index in [9.17, 15) is 9.59 Å². The molecule has 0 aromatic heterocycles. The van der Waals surface area contributed by atoms with E-state index in [1.165, 1.54) is 22.3 Å². The van der Waals surface area contributed by atoms with Crippen molar-refractivity contribution in [3.8, 4) is 11.1 Å². The predicted octanol–water partition coefficient (Wildman–Crippen LogP) is 4.76. The third-order valence-corrected chi connectivity index (χ3v) is 5.53. The first-order valence-electron chi connectivity index (χ1n) is 9.32. The summed E-state index contributed by atoms with van der Waals surface area (Å²) >= 11 is 3.41. The molecule has 4 N–H and O–H groups in total. The van der Waals surface area contributed by atoms with Gasteiger partial charge in [0.1, 0.15) is 0 Å². The number of primary amides is 1. The van der Waals surface area contributed by atoms with Crippen molar-refractivity contribution in [1.29, 1.82) is 0 Å². The summed E-state index contributed by atoms with van der Waals surface area (Å²) in [7, 11) is 0. The lowest BCUT2D eigenvalue weighted by molar-refractivity contribution is -0.116. The number of carbonyl (C=O) groups is 2. The van der Waals surface area contributed by atoms with Crippen molar-refractivity contribution in [2.24, 2.45) is 5.73 Å². The number of carbonyl (C=O) groups excluding carboxylic acids is 2. The number of hydrogen-bond donors (Lipinski definition) is 3. The van der Waals surface area contributed by atoms with E-state index < -0.39 is 12.1 Å². The zero-order chi connectivity index (χ0) is 20.4. The molecule has 146 valence electrons. The highest BCUT2D eigenvalue weighted by molar-refractivity contribution is 9.10. The van der Waals surface area contributed by atoms with Gasteiger partial charge in [-0.3, -0.25) is 4.79 Å². The van der Waals surface area contributed by atoms with Crippen LogP contribution in [0.25, 0.3) is 11.1 Å². The van der Waals surface area contributed by atoms with Crippen LogP contribution in [-0.4, -0.2) is 11.9 Å². The van der Waals surface area contributed by atoms with Gasteiger partial charge in [0.05, 0.1) is 12.5 Å². The Balaban J connectivity index is 1.49. The third kappa shape index (κ3) is 4.32. The summed E-state index contributed by atoms with van der Waals surface area (Å²) in [5.41, 5.74) is 11.8. The van der Waals surface area contributed by atoms with Crippen LogP contribution in [0.4, 0.5) is 10.5 Å². The fourth-order valence-corrected chi connectivity index (χ4v) is 4.18. The summed E-state index contributed by atoms with van der Waals surface area (Å²) < 4.78 is 0.866. The Labute approximate surface area is 177 Å². The molecule has 0 aliphatic heterocycles. The van der Waals surface area contributed by atoms with Crippen LogP contribution in [0.3, 0.4) is 0 Å². The maximum atomic E-state index is 12.7. The number of amides is 3. The van der Waals surface area contributed by atoms with Crippen LogP contribution < -0.4 is 16.4 Å². The Kier molecular flexibility index (Phi) is 5.36. The number of anilines is 1. The van der Waals surface area contributed by atoms with Gasteiger partial charge in [0.25, 0.3) is 0 Å². The number of benzene rings is 3. The van der Waals surface area contributed by atoms with E-state index in [4.69, 9.17) is 5.73 Å². The van der Waals surface area contributed by atoms with E-state index in [2.05, 4.69) is 38.7 Å². The first kappa shape index (κ1) is 19.2. The van der Waals surface area contributed by atoms with E-state index >= 15 is 0 Å². The first-order valence-corrected chi connectivity index (χ1v) is 10.1. The van der Waals surface area contributed by atoms with Crippen LogP contribution in [0.5, 0.6) is 0 Å². The van der Waals surface area contributed by atoms with E-state index in [-0.39, 0.29) is 12.3 Å². The molecule has 1 atom stereocenters. The van der Waals surface area contributed by atoms with Crippen molar-refractivity contribution >= 4 is 33.6 Å². The zero-order valence-corrected chi connectivity index (χ0v) is 17.2. The predicted molar refractivity (Wildman–Crippen MR) is 118 cm³/mol. The lowest BCUT2D eigenvalue weighted by Gasteiger charge is -2.18. The second-order valence-electron chi connectivity index (χ2n) is 7.07. The second kappa shape index (κ2) is 8.09. The molecule has 0 radical (unpaired) electrons. The summed E-state index contributed by atoms with van der Waals surface area (Å²) in [4.78, 5) is 24.1. The molecule has 29 heavy (non-hydrogen) atoms. The number of halogens is 1. The van der Waals surface area contributed by atoms with Crippen molar-refractivity contribution in [3.63, 3.8) is 0 Å². The van der Waals surface area contributed by atoms with Crippen molar-refractivity contribution in [3.05, 3.63) is 87.9 Å². The Morgan fingerprint density at radius 3 is 2.55 bits per heavy atom. The molecule has 0 unspecified atom stereocenters. The van der Waals surface area contributed by atoms with E-state index in [1.54, 1.807) is 0 Å². The Bertz CT molecular complexity index is 1100. The normalized spacial score (nSPS) is 12.6. The van der Waals surface area contributed by atoms with E-state index in [0.29, 0.717) is 0 Å². The highest BCUT2D eigenvalue weighted by Gasteiger charge is 2.20. The summed E-state index contributed by atoms with van der Waals surface area (Å²) in [5, 5.41) is 5.59. The molecule has 3 aromatic carbocycles. The SMILES string of the molecule is NC(=O)N[C@H](CC(=O)Nc1ccc2c(c1)Cc1ccccc1-2)c1cccc(Br)c1. The van der Waals surface area contributed by atoms with Crippen LogP contribution in [0.1, 0.15) is 29.2 Å². The number of nitrogens with one attached hydrogen (secondary N) is 2. The van der Waals surface area contributed by atoms with Gasteiger partial charge in [-0.05, 0) is 58.5 Å². The summed E-state index contributed by atoms with van der Waals surface area (Å²) in [5.74, 6) is -0.195. The smallest absolute Gasteiger partial charge is 0.312 e. The number of rotatable bonds is 5. The summed E-state index contributed by atoms with van der Waals surface area (Å²) in [6.07, 6.45) is 0.940. The average Bonchev–Trinajstić information content (AvgIpc) is 3.05. The van der Waals surface area contributed by atoms with Crippen LogP contribution >= 0.6 is 15.9 Å². The molecule has 3 aromatic rings. The maximum Gasteiger partial charge on any atom is 0.312 e. The van der Waals surface area contributed by atoms with Crippen molar-refractivity contribution < 1.29 is 9.59 Å². The molecule has 0 saturated heterocycles. The second-order valence-corrected chi connectivity index (χ2v) is 7.99. The number of fused-ring (bicyclic) bond motifs is 3. The fourth-order valence-electron chi connectivity index (χ4n) is 3.77. The van der Waals surface area contributed by atoms with Gasteiger partial charge in [-0.15, -0.1) is 0 Å². The van der Waals surface area contributed by atoms with E-state index in [1.807, 2.05) is 54.6 Å². The largest absolute Gasteiger partial charge is 0.352 e. The third-order valence-electron chi connectivity index (χ3n) is 5.03. The highest BCUT2D eigenvalue weighted by Crippen LogP contribution is 2.37. The minimum absolute atomic E-state index is 0.0801. The molecule has 5 nitrogen and oxygen atoms in total. The Morgan fingerprint density at radius 2 is 1.76 bits per heavy atom. The van der Waals surface area contributed by atoms with Gasteiger partial charge < -0.3 is 16.4 Å². The molecule has 0 heterocycles. The fraction of sp³-hybridized carbons (Fsp3) is 0.130. The van der Waals surface area contributed by atoms with Gasteiger partial charge in [0, 0.05) is 10.2 Å². The standard InChI is InChI=1S/C23H20BrN3O2/c24-17-6-3-5-15(11-17)21(27-23(25)29)13-22(28)26-18-8-9-20-16(12-18)10-14-4-1-2-7-19(14)20/h1-9,11-12,21H,10,13H2,(H,26,28)(H3,25,27,29)/t21-/m1/s1. The minimum Gasteiger partial charge on any atom is -0.352 e. The molecule has 3 amide bonds. The molecule has 1 aliphatic rings. The molecule has 0 bridgehead atoms. The number of urea groups is 1. The average molecular weight is 450 g/mol. The van der Waals surface area contributed by atoms with Crippen molar-refractivity contribution in [2.75, 3.05) is 5.32 Å². The molecule has 0 spiro atoms. The monoisotopic (exact) mass is 449 g/mol. The van der Waals surface area contributed by atoms with Gasteiger partial charge in [-0.2, -0.15) is 0 Å². The molecular formula is C23H20BrN3O2. The van der Waals surface area contributed by atoms with Crippen LogP contribution in [-0.2, 0) is 11.2 Å². The van der Waals surface area contributed by atoms with Gasteiger partial charge in [0.2, 0.25) is 5.91 Å². The Morgan fingerprint density at radius 1 is 0.966 bits per heavy atom. The first-order chi connectivity index (χ1) is 14.0. The minimum atomic E-state index is -0.668. The lowest BCUT2D eigenvalue weighted by Crippen LogP contribution is -2.35. The molecule has 6 heteroatoms. The molecule has 4 rings (SSSR count). The Hall–Kier alpha value is -3.12.